The van der Waals surface area contributed by atoms with Crippen LogP contribution in [-0.4, -0.2) is 108 Å². The first-order valence-electron chi connectivity index (χ1n) is 18.0. The van der Waals surface area contributed by atoms with Crippen LogP contribution >= 0.6 is 0 Å². The normalized spacial score (nSPS) is 26.4. The van der Waals surface area contributed by atoms with Crippen LogP contribution in [0.1, 0.15) is 51.9 Å². The van der Waals surface area contributed by atoms with Crippen LogP contribution in [0.4, 0.5) is 14.6 Å². The molecule has 51 heavy (non-hydrogen) atoms. The molecule has 0 spiro atoms. The van der Waals surface area contributed by atoms with Gasteiger partial charge in [-0.1, -0.05) is 18.6 Å². The van der Waals surface area contributed by atoms with Gasteiger partial charge in [-0.05, 0) is 75.6 Å². The lowest BCUT2D eigenvalue weighted by Gasteiger charge is -2.50. The van der Waals surface area contributed by atoms with E-state index >= 15 is 8.78 Å². The molecule has 0 unspecified atom stereocenters. The molecule has 0 radical (unpaired) electrons. The number of benzene rings is 2. The molecule has 2 aromatic carbocycles. The molecule has 3 saturated heterocycles. The fourth-order valence-electron chi connectivity index (χ4n) is 9.06. The number of phenols is 1. The zero-order chi connectivity index (χ0) is 35.3. The number of anilines is 1. The van der Waals surface area contributed by atoms with Gasteiger partial charge in [-0.3, -0.25) is 4.90 Å². The summed E-state index contributed by atoms with van der Waals surface area (Å²) in [5.74, 6) is -1.30. The average molecular weight is 706 g/mol. The summed E-state index contributed by atoms with van der Waals surface area (Å²) in [6.07, 6.45) is 7.39. The maximum absolute atomic E-state index is 17.1. The highest BCUT2D eigenvalue weighted by Crippen LogP contribution is 2.49. The van der Waals surface area contributed by atoms with E-state index in [1.807, 2.05) is 4.90 Å². The molecule has 11 nitrogen and oxygen atoms in total. The average Bonchev–Trinajstić information content (AvgIpc) is 3.48. The van der Waals surface area contributed by atoms with Crippen molar-refractivity contribution in [1.82, 2.24) is 19.9 Å². The largest absolute Gasteiger partial charge is 0.508 e. The van der Waals surface area contributed by atoms with Crippen molar-refractivity contribution in [2.45, 2.75) is 69.6 Å². The van der Waals surface area contributed by atoms with Crippen molar-refractivity contribution in [2.75, 3.05) is 64.7 Å². The first-order chi connectivity index (χ1) is 24.7. The number of hydrogen-bond donors (Lipinski definition) is 2. The van der Waals surface area contributed by atoms with Gasteiger partial charge >= 0.3 is 6.01 Å². The molecule has 8 rings (SSSR count). The number of aromatic hydroxyl groups is 1. The Labute approximate surface area is 295 Å². The fourth-order valence-corrected chi connectivity index (χ4v) is 9.06. The highest BCUT2D eigenvalue weighted by molar-refractivity contribution is 6.02. The van der Waals surface area contributed by atoms with Gasteiger partial charge < -0.3 is 34.1 Å². The van der Waals surface area contributed by atoms with Crippen LogP contribution in [0.25, 0.3) is 32.9 Å². The van der Waals surface area contributed by atoms with E-state index in [0.717, 1.165) is 64.7 Å². The zero-order valence-electron chi connectivity index (χ0n) is 29.2. The van der Waals surface area contributed by atoms with Crippen LogP contribution < -0.4 is 14.4 Å². The summed E-state index contributed by atoms with van der Waals surface area (Å²) in [7, 11) is 1.41. The standard InChI is InChI=1S/C38H45F2N5O6/c1-37(47)20-44(14-17-50-21-37)34-30-33(31(40)32(41-35(30)48-2)26-19-25(46)18-23-6-3-7-27(39)29(23)26)42-36(43-34)51-22-38-11-4-8-28(38)45(13-5-12-38)24-9-15-49-16-10-24/h3,6-7,18-19,24,28,46-47H,4-5,8-17,20-22H2,1-2H3/t28-,37+,38-/m1/s1. The molecule has 1 saturated carbocycles. The van der Waals surface area contributed by atoms with Gasteiger partial charge in [0.25, 0.3) is 0 Å². The highest BCUT2D eigenvalue weighted by atomic mass is 19.1. The monoisotopic (exact) mass is 705 g/mol. The first kappa shape index (κ1) is 34.2. The van der Waals surface area contributed by atoms with Gasteiger partial charge in [0.05, 0.1) is 33.5 Å². The van der Waals surface area contributed by atoms with Gasteiger partial charge in [-0.2, -0.15) is 9.97 Å². The smallest absolute Gasteiger partial charge is 0.319 e. The number of likely N-dealkylation sites (tertiary alicyclic amines) is 1. The van der Waals surface area contributed by atoms with E-state index in [-0.39, 0.29) is 69.6 Å². The predicted molar refractivity (Wildman–Crippen MR) is 187 cm³/mol. The Morgan fingerprint density at radius 1 is 0.980 bits per heavy atom. The second-order valence-corrected chi connectivity index (χ2v) is 14.9. The maximum atomic E-state index is 17.1. The minimum Gasteiger partial charge on any atom is -0.508 e. The molecule has 0 amide bonds. The fraction of sp³-hybridized carbons (Fsp3) is 0.553. The third-order valence-corrected chi connectivity index (χ3v) is 11.3. The third-order valence-electron chi connectivity index (χ3n) is 11.3. The second kappa shape index (κ2) is 13.6. The quantitative estimate of drug-likeness (QED) is 0.249. The molecular weight excluding hydrogens is 660 g/mol. The number of methoxy groups -OCH3 is 1. The zero-order valence-corrected chi connectivity index (χ0v) is 29.2. The van der Waals surface area contributed by atoms with Gasteiger partial charge in [0.2, 0.25) is 5.88 Å². The number of nitrogens with zero attached hydrogens (tertiary/aromatic N) is 5. The Balaban J connectivity index is 1.25. The lowest BCUT2D eigenvalue weighted by Crippen LogP contribution is -2.56. The number of halogens is 2. The third kappa shape index (κ3) is 6.32. The molecular formula is C38H45F2N5O6. The van der Waals surface area contributed by atoms with Crippen molar-refractivity contribution >= 4 is 27.5 Å². The molecule has 2 N–H and O–H groups in total. The minimum absolute atomic E-state index is 0.00410. The second-order valence-electron chi connectivity index (χ2n) is 14.9. The van der Waals surface area contributed by atoms with Gasteiger partial charge in [0.1, 0.15) is 39.6 Å². The van der Waals surface area contributed by atoms with Crippen LogP contribution in [0, 0.1) is 17.0 Å². The van der Waals surface area contributed by atoms with Crippen LogP contribution in [0.5, 0.6) is 17.6 Å². The summed E-state index contributed by atoms with van der Waals surface area (Å²) in [5.41, 5.74) is -1.62. The lowest BCUT2D eigenvalue weighted by molar-refractivity contribution is -0.0511. The molecule has 5 heterocycles. The van der Waals surface area contributed by atoms with Gasteiger partial charge in [0.15, 0.2) is 5.82 Å². The molecule has 13 heteroatoms. The van der Waals surface area contributed by atoms with Gasteiger partial charge in [0, 0.05) is 48.2 Å². The van der Waals surface area contributed by atoms with Crippen LogP contribution in [0.2, 0.25) is 0 Å². The predicted octanol–water partition coefficient (Wildman–Crippen LogP) is 5.62. The van der Waals surface area contributed by atoms with E-state index in [1.54, 1.807) is 13.0 Å². The SMILES string of the molecule is COc1nc(-c2cc(O)cc3cccc(F)c23)c(F)c2nc(OC[C@]34CCC[C@H]3N(C3CCOCC3)CCC4)nc(N3CCOC[C@@](C)(O)C3)c12. The Kier molecular flexibility index (Phi) is 9.10. The number of rotatable bonds is 7. The Morgan fingerprint density at radius 3 is 2.63 bits per heavy atom. The number of hydrogen-bond acceptors (Lipinski definition) is 11. The van der Waals surface area contributed by atoms with Gasteiger partial charge in [-0.25, -0.2) is 13.8 Å². The molecule has 4 aliphatic rings. The molecule has 1 aliphatic carbocycles. The summed E-state index contributed by atoms with van der Waals surface area (Å²) in [6, 6.07) is 8.01. The highest BCUT2D eigenvalue weighted by Gasteiger charge is 2.50. The Bertz CT molecular complexity index is 1940. The van der Waals surface area contributed by atoms with Crippen molar-refractivity contribution in [2.24, 2.45) is 5.41 Å². The maximum Gasteiger partial charge on any atom is 0.319 e. The number of fused-ring (bicyclic) bond motifs is 3. The van der Waals surface area contributed by atoms with E-state index in [0.29, 0.717) is 37.2 Å². The summed E-state index contributed by atoms with van der Waals surface area (Å²) >= 11 is 0. The Hall–Kier alpha value is -3.91. The molecule has 4 aromatic rings. The number of ether oxygens (including phenoxy) is 4. The number of phenolic OH excluding ortho intramolecular Hbond substituents is 1. The summed E-state index contributed by atoms with van der Waals surface area (Å²) in [4.78, 5) is 18.6. The first-order valence-corrected chi connectivity index (χ1v) is 18.0. The van der Waals surface area contributed by atoms with Crippen molar-refractivity contribution in [3.05, 3.63) is 42.0 Å². The number of β-amino-alcohol motifs (C(OH)–C–C–N with tert-alkyl or cyclic N) is 1. The van der Waals surface area contributed by atoms with E-state index in [1.165, 1.54) is 31.4 Å². The minimum atomic E-state index is -1.22. The molecule has 3 atom stereocenters. The van der Waals surface area contributed by atoms with Crippen LogP contribution in [0.15, 0.2) is 30.3 Å². The number of aliphatic hydroxyl groups is 1. The molecule has 4 fully saturated rings. The van der Waals surface area contributed by atoms with Crippen LogP contribution in [0.3, 0.4) is 0 Å². The number of piperidine rings is 1. The summed E-state index contributed by atoms with van der Waals surface area (Å²) < 4.78 is 56.2. The van der Waals surface area contributed by atoms with Crippen molar-refractivity contribution in [3.63, 3.8) is 0 Å². The van der Waals surface area contributed by atoms with Gasteiger partial charge in [-0.15, -0.1) is 0 Å². The van der Waals surface area contributed by atoms with Crippen molar-refractivity contribution in [3.8, 4) is 28.9 Å². The molecule has 0 bridgehead atoms. The Morgan fingerprint density at radius 2 is 1.80 bits per heavy atom. The summed E-state index contributed by atoms with van der Waals surface area (Å²) in [5, 5.41) is 22.4. The molecule has 272 valence electrons. The molecule has 2 aromatic heterocycles. The van der Waals surface area contributed by atoms with Crippen molar-refractivity contribution in [1.29, 1.82) is 0 Å². The lowest BCUT2D eigenvalue weighted by atomic mass is 9.74. The van der Waals surface area contributed by atoms with E-state index in [9.17, 15) is 10.2 Å². The number of aromatic nitrogens is 3. The molecule has 3 aliphatic heterocycles. The topological polar surface area (TPSA) is 123 Å². The number of pyridine rings is 1. The van der Waals surface area contributed by atoms with Crippen LogP contribution in [-0.2, 0) is 9.47 Å². The summed E-state index contributed by atoms with van der Waals surface area (Å²) in [6.45, 7) is 5.60. The van der Waals surface area contributed by atoms with E-state index < -0.39 is 17.2 Å². The van der Waals surface area contributed by atoms with E-state index in [2.05, 4.69) is 14.9 Å². The van der Waals surface area contributed by atoms with Crippen molar-refractivity contribution < 1.29 is 37.9 Å². The van der Waals surface area contributed by atoms with E-state index in [4.69, 9.17) is 23.9 Å².